The van der Waals surface area contributed by atoms with Crippen LogP contribution in [0.4, 0.5) is 10.5 Å². The van der Waals surface area contributed by atoms with E-state index in [2.05, 4.69) is 10.1 Å². The smallest absolute Gasteiger partial charge is 0.326 e. The highest BCUT2D eigenvalue weighted by molar-refractivity contribution is 5.95. The van der Waals surface area contributed by atoms with E-state index in [1.165, 1.54) is 31.3 Å². The van der Waals surface area contributed by atoms with Crippen molar-refractivity contribution < 1.29 is 29.3 Å². The van der Waals surface area contributed by atoms with E-state index in [0.29, 0.717) is 5.69 Å². The molecule has 0 bridgehead atoms. The Hall–Kier alpha value is -2.77. The fourth-order valence-electron chi connectivity index (χ4n) is 1.49. The maximum Gasteiger partial charge on any atom is 0.326 e. The minimum atomic E-state index is -1.38. The number of urea groups is 1. The first-order valence-corrected chi connectivity index (χ1v) is 5.98. The van der Waals surface area contributed by atoms with Crippen LogP contribution in [0.15, 0.2) is 24.3 Å². The molecule has 1 atom stereocenters. The number of esters is 1. The highest BCUT2D eigenvalue weighted by Gasteiger charge is 2.25. The summed E-state index contributed by atoms with van der Waals surface area (Å²) in [6, 6.07) is 3.68. The number of carbonyl (C=O) groups is 3. The maximum absolute atomic E-state index is 11.9. The third-order valence-electron chi connectivity index (χ3n) is 2.74. The van der Waals surface area contributed by atoms with Crippen molar-refractivity contribution in [3.05, 3.63) is 24.3 Å². The molecular formula is C13H16N2O6. The Morgan fingerprint density at radius 3 is 2.33 bits per heavy atom. The van der Waals surface area contributed by atoms with Crippen LogP contribution in [0.5, 0.6) is 5.75 Å². The van der Waals surface area contributed by atoms with Crippen LogP contribution in [-0.4, -0.2) is 48.4 Å². The van der Waals surface area contributed by atoms with Crippen molar-refractivity contribution in [2.45, 2.75) is 12.5 Å². The first-order chi connectivity index (χ1) is 9.85. The quantitative estimate of drug-likeness (QED) is 0.683. The number of hydrogen-bond donors (Lipinski definition) is 3. The molecule has 21 heavy (non-hydrogen) atoms. The van der Waals surface area contributed by atoms with Gasteiger partial charge in [0, 0.05) is 12.7 Å². The average Bonchev–Trinajstić information content (AvgIpc) is 2.46. The summed E-state index contributed by atoms with van der Waals surface area (Å²) in [5.74, 6) is -2.04. The normalized spacial score (nSPS) is 11.3. The molecule has 0 saturated carbocycles. The van der Waals surface area contributed by atoms with Crippen molar-refractivity contribution in [2.75, 3.05) is 19.1 Å². The van der Waals surface area contributed by atoms with Crippen LogP contribution in [0.3, 0.4) is 0 Å². The van der Waals surface area contributed by atoms with Gasteiger partial charge in [-0.05, 0) is 24.3 Å². The average molecular weight is 296 g/mol. The van der Waals surface area contributed by atoms with Crippen molar-refractivity contribution in [2.24, 2.45) is 0 Å². The Kier molecular flexibility index (Phi) is 5.53. The molecule has 3 N–H and O–H groups in total. The molecule has 1 aromatic rings. The number of methoxy groups -OCH3 is 1. The number of aromatic hydroxyl groups is 1. The molecule has 0 spiro atoms. The van der Waals surface area contributed by atoms with Crippen molar-refractivity contribution in [3.8, 4) is 5.75 Å². The maximum atomic E-state index is 11.9. The Balaban J connectivity index is 2.74. The molecule has 0 unspecified atom stereocenters. The molecule has 0 aliphatic carbocycles. The number of aliphatic carboxylic acids is 1. The van der Waals surface area contributed by atoms with E-state index in [4.69, 9.17) is 5.11 Å². The number of phenolic OH excluding ortho intramolecular Hbond substituents is 1. The lowest BCUT2D eigenvalue weighted by molar-refractivity contribution is -0.147. The van der Waals surface area contributed by atoms with Crippen LogP contribution in [0.25, 0.3) is 0 Å². The van der Waals surface area contributed by atoms with Gasteiger partial charge in [0.2, 0.25) is 0 Å². The Morgan fingerprint density at radius 2 is 1.86 bits per heavy atom. The zero-order chi connectivity index (χ0) is 16.0. The molecule has 8 heteroatoms. The molecule has 0 saturated heterocycles. The second kappa shape index (κ2) is 7.13. The molecule has 1 rings (SSSR count). The first kappa shape index (κ1) is 16.3. The minimum Gasteiger partial charge on any atom is -0.508 e. The summed E-state index contributed by atoms with van der Waals surface area (Å²) in [5, 5.41) is 20.4. The number of carbonyl (C=O) groups excluding carboxylic acids is 2. The number of rotatable bonds is 5. The van der Waals surface area contributed by atoms with Gasteiger partial charge in [0.25, 0.3) is 0 Å². The number of ether oxygens (including phenoxy) is 1. The van der Waals surface area contributed by atoms with Crippen molar-refractivity contribution in [1.82, 2.24) is 5.32 Å². The SMILES string of the molecule is COC(=O)C[C@H](NC(=O)N(C)c1ccc(O)cc1)C(=O)O. The number of amides is 2. The van der Waals surface area contributed by atoms with Crippen molar-refractivity contribution in [1.29, 1.82) is 0 Å². The van der Waals surface area contributed by atoms with E-state index in [0.717, 1.165) is 12.0 Å². The van der Waals surface area contributed by atoms with E-state index in [-0.39, 0.29) is 5.75 Å². The summed E-state index contributed by atoms with van der Waals surface area (Å²) < 4.78 is 4.38. The molecule has 0 fully saturated rings. The lowest BCUT2D eigenvalue weighted by Gasteiger charge is -2.21. The van der Waals surface area contributed by atoms with Gasteiger partial charge in [-0.3, -0.25) is 9.69 Å². The summed E-state index contributed by atoms with van der Waals surface area (Å²) >= 11 is 0. The standard InChI is InChI=1S/C13H16N2O6/c1-15(8-3-5-9(16)6-4-8)13(20)14-10(12(18)19)7-11(17)21-2/h3-6,10,16H,7H2,1-2H3,(H,14,20)(H,18,19)/t10-/m0/s1. The van der Waals surface area contributed by atoms with E-state index in [9.17, 15) is 19.5 Å². The summed E-state index contributed by atoms with van der Waals surface area (Å²) in [4.78, 5) is 35.2. The monoisotopic (exact) mass is 296 g/mol. The number of benzene rings is 1. The number of nitrogens with zero attached hydrogens (tertiary/aromatic N) is 1. The highest BCUT2D eigenvalue weighted by Crippen LogP contribution is 2.17. The van der Waals surface area contributed by atoms with Gasteiger partial charge in [0.05, 0.1) is 13.5 Å². The summed E-state index contributed by atoms with van der Waals surface area (Å²) in [6.45, 7) is 0. The molecule has 1 aromatic carbocycles. The summed E-state index contributed by atoms with van der Waals surface area (Å²) in [7, 11) is 2.56. The van der Waals surface area contributed by atoms with Gasteiger partial charge < -0.3 is 20.3 Å². The lowest BCUT2D eigenvalue weighted by Crippen LogP contribution is -2.47. The van der Waals surface area contributed by atoms with Crippen LogP contribution in [0.1, 0.15) is 6.42 Å². The molecule has 2 amide bonds. The molecule has 0 aliphatic heterocycles. The van der Waals surface area contributed by atoms with Crippen molar-refractivity contribution in [3.63, 3.8) is 0 Å². The molecule has 0 heterocycles. The number of nitrogens with one attached hydrogen (secondary N) is 1. The second-order valence-electron chi connectivity index (χ2n) is 4.20. The zero-order valence-electron chi connectivity index (χ0n) is 11.6. The predicted molar refractivity (Wildman–Crippen MR) is 73.1 cm³/mol. The fraction of sp³-hybridized carbons (Fsp3) is 0.308. The second-order valence-corrected chi connectivity index (χ2v) is 4.20. The number of phenols is 1. The number of hydrogen-bond acceptors (Lipinski definition) is 5. The van der Waals surface area contributed by atoms with Crippen LogP contribution in [0.2, 0.25) is 0 Å². The molecule has 8 nitrogen and oxygen atoms in total. The van der Waals surface area contributed by atoms with E-state index < -0.39 is 30.4 Å². The van der Waals surface area contributed by atoms with E-state index in [1.54, 1.807) is 0 Å². The number of carboxylic acids is 1. The van der Waals surface area contributed by atoms with Gasteiger partial charge in [-0.2, -0.15) is 0 Å². The summed E-state index contributed by atoms with van der Waals surface area (Å²) in [6.07, 6.45) is -0.471. The topological polar surface area (TPSA) is 116 Å². The molecule has 114 valence electrons. The third-order valence-corrected chi connectivity index (χ3v) is 2.74. The van der Waals surface area contributed by atoms with Gasteiger partial charge in [0.15, 0.2) is 0 Å². The van der Waals surface area contributed by atoms with Gasteiger partial charge >= 0.3 is 18.0 Å². The fourth-order valence-corrected chi connectivity index (χ4v) is 1.49. The van der Waals surface area contributed by atoms with Gasteiger partial charge in [0.1, 0.15) is 11.8 Å². The van der Waals surface area contributed by atoms with Crippen LogP contribution >= 0.6 is 0 Å². The molecule has 0 radical (unpaired) electrons. The Morgan fingerprint density at radius 1 is 1.29 bits per heavy atom. The Bertz CT molecular complexity index is 528. The number of anilines is 1. The summed E-state index contributed by atoms with van der Waals surface area (Å²) in [5.41, 5.74) is 0.451. The van der Waals surface area contributed by atoms with Crippen molar-refractivity contribution >= 4 is 23.7 Å². The van der Waals surface area contributed by atoms with E-state index >= 15 is 0 Å². The van der Waals surface area contributed by atoms with Crippen LogP contribution in [-0.2, 0) is 14.3 Å². The Labute approximate surface area is 120 Å². The van der Waals surface area contributed by atoms with Crippen LogP contribution < -0.4 is 10.2 Å². The van der Waals surface area contributed by atoms with E-state index in [1.807, 2.05) is 0 Å². The number of carboxylic acid groups (broad SMARTS) is 1. The van der Waals surface area contributed by atoms with Gasteiger partial charge in [-0.15, -0.1) is 0 Å². The van der Waals surface area contributed by atoms with Crippen LogP contribution in [0, 0.1) is 0 Å². The third kappa shape index (κ3) is 4.68. The van der Waals surface area contributed by atoms with Gasteiger partial charge in [-0.1, -0.05) is 0 Å². The minimum absolute atomic E-state index is 0.0432. The largest absolute Gasteiger partial charge is 0.508 e. The lowest BCUT2D eigenvalue weighted by atomic mass is 10.2. The first-order valence-electron chi connectivity index (χ1n) is 5.98. The van der Waals surface area contributed by atoms with Gasteiger partial charge in [-0.25, -0.2) is 9.59 Å². The predicted octanol–water partition coefficient (Wildman–Crippen LogP) is 0.554. The zero-order valence-corrected chi connectivity index (χ0v) is 11.6. The molecule has 0 aliphatic rings. The molecule has 0 aromatic heterocycles. The highest BCUT2D eigenvalue weighted by atomic mass is 16.5. The molecular weight excluding hydrogens is 280 g/mol.